The number of nitrogens with zero attached hydrogens (tertiary/aromatic N) is 2. The van der Waals surface area contributed by atoms with Gasteiger partial charge in [-0.15, -0.1) is 0 Å². The van der Waals surface area contributed by atoms with Gasteiger partial charge in [-0.05, 0) is 18.2 Å². The summed E-state index contributed by atoms with van der Waals surface area (Å²) in [6.45, 7) is 0. The van der Waals surface area contributed by atoms with Crippen molar-refractivity contribution in [2.24, 2.45) is 0 Å². The van der Waals surface area contributed by atoms with E-state index in [-0.39, 0.29) is 22.1 Å². The molecule has 0 amide bonds. The number of aromatic nitrogens is 1. The van der Waals surface area contributed by atoms with Crippen molar-refractivity contribution in [2.45, 2.75) is 0 Å². The topological polar surface area (TPSA) is 105 Å². The monoisotopic (exact) mass is 311 g/mol. The van der Waals surface area contributed by atoms with E-state index in [2.05, 4.69) is 10.3 Å². The number of carboxylic acids is 1. The lowest BCUT2D eigenvalue weighted by Crippen LogP contribution is -2.04. The molecule has 1 heterocycles. The zero-order valence-electron chi connectivity index (χ0n) is 10.2. The van der Waals surface area contributed by atoms with Crippen molar-refractivity contribution >= 4 is 34.8 Å². The van der Waals surface area contributed by atoms with E-state index in [1.54, 1.807) is 0 Å². The van der Waals surface area contributed by atoms with Crippen LogP contribution < -0.4 is 5.32 Å². The predicted octanol–water partition coefficient (Wildman–Crippen LogP) is 3.22. The average molecular weight is 312 g/mol. The summed E-state index contributed by atoms with van der Waals surface area (Å²) in [4.78, 5) is 24.6. The molecule has 2 rings (SSSR count). The highest BCUT2D eigenvalue weighted by molar-refractivity contribution is 6.30. The minimum Gasteiger partial charge on any atom is -0.478 e. The van der Waals surface area contributed by atoms with Crippen LogP contribution in [0, 0.1) is 15.9 Å². The molecule has 0 saturated heterocycles. The first-order valence-electron chi connectivity index (χ1n) is 5.47. The predicted molar refractivity (Wildman–Crippen MR) is 72.5 cm³/mol. The van der Waals surface area contributed by atoms with Crippen molar-refractivity contribution < 1.29 is 19.2 Å². The molecule has 0 atom stereocenters. The van der Waals surface area contributed by atoms with E-state index < -0.39 is 22.4 Å². The standard InChI is InChI=1S/C12H7ClFN3O4/c13-7-2-8(14)4-9(3-7)16-11-10(17(20)21)1-6(5-15-11)12(18)19/h1-5H,(H,15,16)(H,18,19). The maximum atomic E-state index is 13.2. The van der Waals surface area contributed by atoms with E-state index in [0.29, 0.717) is 0 Å². The van der Waals surface area contributed by atoms with E-state index >= 15 is 0 Å². The highest BCUT2D eigenvalue weighted by Gasteiger charge is 2.19. The summed E-state index contributed by atoms with van der Waals surface area (Å²) in [7, 11) is 0. The largest absolute Gasteiger partial charge is 0.478 e. The number of halogens is 2. The average Bonchev–Trinajstić information content (AvgIpc) is 2.37. The second kappa shape index (κ2) is 5.71. The molecule has 2 N–H and O–H groups in total. The summed E-state index contributed by atoms with van der Waals surface area (Å²) in [6.07, 6.45) is 0.957. The number of aromatic carboxylic acids is 1. The Balaban J connectivity index is 2.43. The van der Waals surface area contributed by atoms with Gasteiger partial charge in [-0.25, -0.2) is 14.2 Å². The van der Waals surface area contributed by atoms with Crippen molar-refractivity contribution in [2.75, 3.05) is 5.32 Å². The number of rotatable bonds is 4. The molecule has 1 aromatic carbocycles. The van der Waals surface area contributed by atoms with Crippen LogP contribution >= 0.6 is 11.6 Å². The van der Waals surface area contributed by atoms with Crippen LogP contribution in [0.15, 0.2) is 30.5 Å². The Labute approximate surface area is 122 Å². The molecule has 0 bridgehead atoms. The Bertz CT molecular complexity index is 718. The third kappa shape index (κ3) is 3.42. The molecule has 0 aliphatic heterocycles. The molecule has 9 heteroatoms. The Kier molecular flexibility index (Phi) is 3.99. The van der Waals surface area contributed by atoms with Crippen LogP contribution in [0.5, 0.6) is 0 Å². The maximum Gasteiger partial charge on any atom is 0.337 e. The highest BCUT2D eigenvalue weighted by Crippen LogP contribution is 2.28. The van der Waals surface area contributed by atoms with Gasteiger partial charge in [0.05, 0.1) is 10.5 Å². The number of nitrogens with one attached hydrogen (secondary N) is 1. The van der Waals surface area contributed by atoms with E-state index in [1.165, 1.54) is 6.07 Å². The van der Waals surface area contributed by atoms with Gasteiger partial charge in [0.25, 0.3) is 0 Å². The Morgan fingerprint density at radius 2 is 2.10 bits per heavy atom. The summed E-state index contributed by atoms with van der Waals surface area (Å²) < 4.78 is 13.2. The number of carboxylic acid groups (broad SMARTS) is 1. The molecule has 0 radical (unpaired) electrons. The van der Waals surface area contributed by atoms with Crippen LogP contribution in [0.4, 0.5) is 21.6 Å². The fourth-order valence-electron chi connectivity index (χ4n) is 1.57. The molecule has 0 fully saturated rings. The smallest absolute Gasteiger partial charge is 0.337 e. The van der Waals surface area contributed by atoms with E-state index in [1.807, 2.05) is 0 Å². The minimum atomic E-state index is -1.34. The van der Waals surface area contributed by atoms with Crippen LogP contribution in [-0.2, 0) is 0 Å². The summed E-state index contributed by atoms with van der Waals surface area (Å²) in [6, 6.07) is 4.35. The number of anilines is 2. The molecule has 7 nitrogen and oxygen atoms in total. The zero-order valence-corrected chi connectivity index (χ0v) is 11.0. The lowest BCUT2D eigenvalue weighted by Gasteiger charge is -2.07. The molecule has 1 aromatic heterocycles. The molecular weight excluding hydrogens is 305 g/mol. The Hall–Kier alpha value is -2.74. The van der Waals surface area contributed by atoms with Crippen molar-refractivity contribution in [3.8, 4) is 0 Å². The molecule has 0 aliphatic rings. The third-order valence-electron chi connectivity index (χ3n) is 2.44. The van der Waals surface area contributed by atoms with Gasteiger partial charge in [0.1, 0.15) is 5.82 Å². The lowest BCUT2D eigenvalue weighted by molar-refractivity contribution is -0.384. The number of carbonyl (C=O) groups is 1. The minimum absolute atomic E-state index is 0.0994. The first kappa shape index (κ1) is 14.7. The van der Waals surface area contributed by atoms with Crippen LogP contribution in [0.3, 0.4) is 0 Å². The van der Waals surface area contributed by atoms with Gasteiger partial charge in [-0.3, -0.25) is 10.1 Å². The van der Waals surface area contributed by atoms with Crippen LogP contribution in [0.25, 0.3) is 0 Å². The van der Waals surface area contributed by atoms with Crippen LogP contribution in [-0.4, -0.2) is 21.0 Å². The Morgan fingerprint density at radius 1 is 1.38 bits per heavy atom. The molecule has 0 aliphatic carbocycles. The number of pyridine rings is 1. The summed E-state index contributed by atoms with van der Waals surface area (Å²) >= 11 is 5.67. The fourth-order valence-corrected chi connectivity index (χ4v) is 1.79. The van der Waals surface area contributed by atoms with Gasteiger partial charge < -0.3 is 10.4 Å². The quantitative estimate of drug-likeness (QED) is 0.663. The second-order valence-electron chi connectivity index (χ2n) is 3.94. The van der Waals surface area contributed by atoms with Crippen molar-refractivity contribution in [3.05, 3.63) is 57.0 Å². The number of benzene rings is 1. The molecule has 0 unspecified atom stereocenters. The van der Waals surface area contributed by atoms with Crippen LogP contribution in [0.2, 0.25) is 5.02 Å². The van der Waals surface area contributed by atoms with Gasteiger partial charge in [-0.1, -0.05) is 11.6 Å². The van der Waals surface area contributed by atoms with Crippen molar-refractivity contribution in [1.82, 2.24) is 4.98 Å². The van der Waals surface area contributed by atoms with E-state index in [0.717, 1.165) is 24.4 Å². The maximum absolute atomic E-state index is 13.2. The lowest BCUT2D eigenvalue weighted by atomic mass is 10.2. The molecule has 0 spiro atoms. The second-order valence-corrected chi connectivity index (χ2v) is 4.37. The molecular formula is C12H7ClFN3O4. The number of hydrogen-bond donors (Lipinski definition) is 2. The highest BCUT2D eigenvalue weighted by atomic mass is 35.5. The molecule has 108 valence electrons. The number of nitro groups is 1. The van der Waals surface area contributed by atoms with E-state index in [4.69, 9.17) is 16.7 Å². The summed E-state index contributed by atoms with van der Waals surface area (Å²) in [5.74, 6) is -2.19. The van der Waals surface area contributed by atoms with Gasteiger partial charge >= 0.3 is 11.7 Å². The zero-order chi connectivity index (χ0) is 15.6. The molecule has 0 saturated carbocycles. The molecule has 21 heavy (non-hydrogen) atoms. The van der Waals surface area contributed by atoms with Gasteiger partial charge in [0.15, 0.2) is 0 Å². The third-order valence-corrected chi connectivity index (χ3v) is 2.65. The fraction of sp³-hybridized carbons (Fsp3) is 0. The normalized spacial score (nSPS) is 10.2. The van der Waals surface area contributed by atoms with Crippen molar-refractivity contribution in [1.29, 1.82) is 0 Å². The summed E-state index contributed by atoms with van der Waals surface area (Å²) in [5.41, 5.74) is -0.724. The number of hydrogen-bond acceptors (Lipinski definition) is 5. The van der Waals surface area contributed by atoms with E-state index in [9.17, 15) is 19.3 Å². The van der Waals surface area contributed by atoms with Gasteiger partial charge in [0, 0.05) is 23.0 Å². The van der Waals surface area contributed by atoms with Crippen LogP contribution in [0.1, 0.15) is 10.4 Å². The van der Waals surface area contributed by atoms with Gasteiger partial charge in [-0.2, -0.15) is 0 Å². The SMILES string of the molecule is O=C(O)c1cnc(Nc2cc(F)cc(Cl)c2)c([N+](=O)[O-])c1. The first-order chi connectivity index (χ1) is 9.86. The van der Waals surface area contributed by atoms with Gasteiger partial charge in [0.2, 0.25) is 5.82 Å². The molecule has 2 aromatic rings. The first-order valence-corrected chi connectivity index (χ1v) is 5.85. The Morgan fingerprint density at radius 3 is 2.67 bits per heavy atom. The summed E-state index contributed by atoms with van der Waals surface area (Å²) in [5, 5.41) is 22.4. The van der Waals surface area contributed by atoms with Crippen molar-refractivity contribution in [3.63, 3.8) is 0 Å².